The summed E-state index contributed by atoms with van der Waals surface area (Å²) in [4.78, 5) is 47.2. The van der Waals surface area contributed by atoms with Gasteiger partial charge in [0, 0.05) is 40.5 Å². The van der Waals surface area contributed by atoms with Crippen molar-refractivity contribution in [3.63, 3.8) is 0 Å². The molecule has 3 N–H and O–H groups in total. The molecule has 4 aliphatic rings. The number of carbonyl (C=O) groups is 3. The number of anilines is 2. The summed E-state index contributed by atoms with van der Waals surface area (Å²) in [5, 5.41) is 7.63. The number of rotatable bonds is 4. The van der Waals surface area contributed by atoms with Crippen molar-refractivity contribution in [1.82, 2.24) is 10.3 Å². The average Bonchev–Trinajstić information content (AvgIpc) is 3.71. The van der Waals surface area contributed by atoms with Crippen LogP contribution in [-0.2, 0) is 32.8 Å². The predicted molar refractivity (Wildman–Crippen MR) is 152 cm³/mol. The van der Waals surface area contributed by atoms with E-state index in [1.807, 2.05) is 48.7 Å². The minimum Gasteiger partial charge on any atom is -0.486 e. The molecule has 9 heteroatoms. The molecule has 2 fully saturated rings. The third kappa shape index (κ3) is 3.29. The van der Waals surface area contributed by atoms with Gasteiger partial charge >= 0.3 is 0 Å². The van der Waals surface area contributed by atoms with Crippen molar-refractivity contribution in [3.05, 3.63) is 83.6 Å². The van der Waals surface area contributed by atoms with Crippen LogP contribution in [0.3, 0.4) is 0 Å². The van der Waals surface area contributed by atoms with E-state index in [0.717, 1.165) is 34.0 Å². The first kappa shape index (κ1) is 24.2. The number of hydrogen-bond acceptors (Lipinski definition) is 6. The lowest BCUT2D eigenvalue weighted by Gasteiger charge is -2.30. The number of aromatic amines is 1. The molecule has 4 aromatic rings. The van der Waals surface area contributed by atoms with Gasteiger partial charge in [-0.15, -0.1) is 0 Å². The highest BCUT2D eigenvalue weighted by Crippen LogP contribution is 2.54. The fraction of sp³-hybridized carbons (Fsp3) is 0.281. The van der Waals surface area contributed by atoms with Gasteiger partial charge in [0.1, 0.15) is 18.8 Å². The van der Waals surface area contributed by atoms with Crippen LogP contribution in [0, 0.1) is 11.8 Å². The minimum absolute atomic E-state index is 0.303. The summed E-state index contributed by atoms with van der Waals surface area (Å²) >= 11 is 0. The first-order chi connectivity index (χ1) is 20.0. The minimum atomic E-state index is -1.36. The van der Waals surface area contributed by atoms with Crippen molar-refractivity contribution in [2.75, 3.05) is 23.4 Å². The third-order valence-electron chi connectivity index (χ3n) is 9.09. The molecule has 41 heavy (non-hydrogen) atoms. The van der Waals surface area contributed by atoms with E-state index in [9.17, 15) is 14.4 Å². The molecule has 5 heterocycles. The number of H-pyrrole nitrogens is 1. The number of benzene rings is 3. The van der Waals surface area contributed by atoms with Crippen LogP contribution in [0.15, 0.2) is 66.9 Å². The van der Waals surface area contributed by atoms with Gasteiger partial charge in [-0.1, -0.05) is 37.3 Å². The molecular formula is C32H28N4O5. The molecule has 0 radical (unpaired) electrons. The average molecular weight is 549 g/mol. The number of nitrogens with one attached hydrogen (secondary N) is 3. The summed E-state index contributed by atoms with van der Waals surface area (Å²) in [5.41, 5.74) is 3.52. The Morgan fingerprint density at radius 2 is 1.78 bits per heavy atom. The number of ether oxygens (including phenoxy) is 2. The Bertz CT molecular complexity index is 1780. The van der Waals surface area contributed by atoms with E-state index in [0.29, 0.717) is 42.5 Å². The van der Waals surface area contributed by atoms with E-state index in [-0.39, 0.29) is 11.8 Å². The number of amides is 3. The molecule has 206 valence electrons. The highest BCUT2D eigenvalue weighted by Gasteiger charge is 2.70. The first-order valence-corrected chi connectivity index (χ1v) is 14.0. The summed E-state index contributed by atoms with van der Waals surface area (Å²) in [6.45, 7) is 2.88. The molecule has 4 atom stereocenters. The Kier molecular flexibility index (Phi) is 5.12. The molecule has 0 saturated carbocycles. The molecule has 0 aliphatic carbocycles. The van der Waals surface area contributed by atoms with Crippen LogP contribution < -0.4 is 25.0 Å². The zero-order chi connectivity index (χ0) is 27.9. The monoisotopic (exact) mass is 548 g/mol. The number of para-hydroxylation sites is 1. The van der Waals surface area contributed by atoms with Gasteiger partial charge in [-0.25, -0.2) is 4.90 Å². The smallest absolute Gasteiger partial charge is 0.250 e. The van der Waals surface area contributed by atoms with Crippen LogP contribution in [0.2, 0.25) is 0 Å². The van der Waals surface area contributed by atoms with Gasteiger partial charge in [-0.05, 0) is 48.2 Å². The lowest BCUT2D eigenvalue weighted by molar-refractivity contribution is -0.130. The van der Waals surface area contributed by atoms with Gasteiger partial charge in [0.2, 0.25) is 17.7 Å². The zero-order valence-electron chi connectivity index (χ0n) is 22.4. The van der Waals surface area contributed by atoms with Crippen molar-refractivity contribution in [3.8, 4) is 11.5 Å². The number of hydrogen-bond donors (Lipinski definition) is 3. The largest absolute Gasteiger partial charge is 0.486 e. The number of fused-ring (bicyclic) bond motifs is 6. The summed E-state index contributed by atoms with van der Waals surface area (Å²) in [6, 6.07) is 18.5. The van der Waals surface area contributed by atoms with E-state index >= 15 is 0 Å². The summed E-state index contributed by atoms with van der Waals surface area (Å²) in [6.07, 6.45) is 3.20. The first-order valence-electron chi connectivity index (χ1n) is 14.0. The quantitative estimate of drug-likeness (QED) is 0.336. The molecule has 8 rings (SSSR count). The topological polar surface area (TPSA) is 113 Å². The molecule has 1 aromatic heterocycles. The summed E-state index contributed by atoms with van der Waals surface area (Å²) in [5.74, 6) is -1.60. The molecule has 2 saturated heterocycles. The third-order valence-corrected chi connectivity index (χ3v) is 9.09. The standard InChI is InChI=1S/C32H28N4O5/c1-2-17-7-9-23-21(13-17)32(31(39)34-23)28-27(24(35-32)14-18-16-33-22-6-4-3-5-20(18)22)29(37)36(30(28)38)19-8-10-25-26(15-19)41-12-11-40-25/h3-10,13,15-16,24,27-28,33,35H,2,11-12,14H2,1H3,(H,34,39)/t24-,27-,28+,32-/m1/s1. The lowest BCUT2D eigenvalue weighted by atomic mass is 9.76. The van der Waals surface area contributed by atoms with Gasteiger partial charge in [0.15, 0.2) is 11.5 Å². The lowest BCUT2D eigenvalue weighted by Crippen LogP contribution is -2.53. The number of nitrogens with zero attached hydrogens (tertiary/aromatic N) is 1. The van der Waals surface area contributed by atoms with Gasteiger partial charge < -0.3 is 19.8 Å². The molecule has 4 aliphatic heterocycles. The van der Waals surface area contributed by atoms with Crippen molar-refractivity contribution in [2.45, 2.75) is 31.3 Å². The molecule has 3 aromatic carbocycles. The maximum Gasteiger partial charge on any atom is 0.250 e. The Balaban J connectivity index is 1.27. The Labute approximate surface area is 235 Å². The highest BCUT2D eigenvalue weighted by atomic mass is 16.6. The maximum absolute atomic E-state index is 14.4. The number of aromatic nitrogens is 1. The van der Waals surface area contributed by atoms with Gasteiger partial charge in [0.05, 0.1) is 17.5 Å². The molecule has 1 spiro atoms. The molecule has 3 amide bonds. The summed E-state index contributed by atoms with van der Waals surface area (Å²) < 4.78 is 11.4. The second kappa shape index (κ2) is 8.68. The predicted octanol–water partition coefficient (Wildman–Crippen LogP) is 3.67. The Hall–Kier alpha value is -4.63. The van der Waals surface area contributed by atoms with Gasteiger partial charge in [-0.3, -0.25) is 19.7 Å². The summed E-state index contributed by atoms with van der Waals surface area (Å²) in [7, 11) is 0. The molecule has 0 unspecified atom stereocenters. The number of aryl methyl sites for hydroxylation is 1. The SMILES string of the molecule is CCc1ccc2c(c1)[C@]1(N[C@H](Cc3c[nH]c4ccccc34)[C@H]3C(=O)N(c4ccc5c(c4)OCCO5)C(=O)[C@H]31)C(=O)N2. The second-order valence-corrected chi connectivity index (χ2v) is 11.2. The Morgan fingerprint density at radius 3 is 2.63 bits per heavy atom. The van der Waals surface area contributed by atoms with Crippen LogP contribution in [0.4, 0.5) is 11.4 Å². The van der Waals surface area contributed by atoms with Crippen molar-refractivity contribution in [1.29, 1.82) is 0 Å². The van der Waals surface area contributed by atoms with E-state index in [1.165, 1.54) is 4.90 Å². The second-order valence-electron chi connectivity index (χ2n) is 11.2. The van der Waals surface area contributed by atoms with Crippen molar-refractivity contribution < 1.29 is 23.9 Å². The van der Waals surface area contributed by atoms with Crippen LogP contribution in [0.5, 0.6) is 11.5 Å². The van der Waals surface area contributed by atoms with Gasteiger partial charge in [0.25, 0.3) is 0 Å². The molecular weight excluding hydrogens is 520 g/mol. The fourth-order valence-corrected chi connectivity index (χ4v) is 7.21. The van der Waals surface area contributed by atoms with Crippen molar-refractivity contribution in [2.24, 2.45) is 11.8 Å². The van der Waals surface area contributed by atoms with E-state index < -0.39 is 29.3 Å². The highest BCUT2D eigenvalue weighted by molar-refractivity contribution is 6.26. The van der Waals surface area contributed by atoms with Crippen molar-refractivity contribution >= 4 is 40.0 Å². The molecule has 0 bridgehead atoms. The van der Waals surface area contributed by atoms with Crippen LogP contribution in [0.1, 0.15) is 23.6 Å². The normalized spacial score (nSPS) is 26.1. The maximum atomic E-state index is 14.4. The number of carbonyl (C=O) groups excluding carboxylic acids is 3. The van der Waals surface area contributed by atoms with Crippen LogP contribution >= 0.6 is 0 Å². The molecule has 9 nitrogen and oxygen atoms in total. The fourth-order valence-electron chi connectivity index (χ4n) is 7.21. The van der Waals surface area contributed by atoms with E-state index in [1.54, 1.807) is 18.2 Å². The van der Waals surface area contributed by atoms with Crippen LogP contribution in [-0.4, -0.2) is 42.0 Å². The zero-order valence-corrected chi connectivity index (χ0v) is 22.4. The Morgan fingerprint density at radius 1 is 0.951 bits per heavy atom. The number of imide groups is 1. The van der Waals surface area contributed by atoms with Crippen LogP contribution in [0.25, 0.3) is 10.9 Å². The van der Waals surface area contributed by atoms with Gasteiger partial charge in [-0.2, -0.15) is 0 Å². The van der Waals surface area contributed by atoms with E-state index in [2.05, 4.69) is 22.5 Å². The van der Waals surface area contributed by atoms with E-state index in [4.69, 9.17) is 9.47 Å².